The minimum Gasteiger partial charge on any atom is -0.312 e. The van der Waals surface area contributed by atoms with Crippen molar-refractivity contribution in [1.82, 2.24) is 15.1 Å². The molecule has 2 rings (SSSR count). The lowest BCUT2D eigenvalue weighted by molar-refractivity contribution is 0.549. The molecule has 2 heterocycles. The van der Waals surface area contributed by atoms with Crippen LogP contribution in [0, 0.1) is 19.8 Å². The Kier molecular flexibility index (Phi) is 5.38. The lowest BCUT2D eigenvalue weighted by atomic mass is 10.1. The first-order valence-electron chi connectivity index (χ1n) is 7.34. The van der Waals surface area contributed by atoms with Crippen molar-refractivity contribution < 1.29 is 0 Å². The molecule has 0 fully saturated rings. The Bertz CT molecular complexity index is 526. The van der Waals surface area contributed by atoms with Gasteiger partial charge in [-0.05, 0) is 37.8 Å². The van der Waals surface area contributed by atoms with Crippen molar-refractivity contribution in [3.05, 3.63) is 39.3 Å². The Morgan fingerprint density at radius 2 is 2.15 bits per heavy atom. The molecule has 1 N–H and O–H groups in total. The van der Waals surface area contributed by atoms with Crippen LogP contribution in [0.25, 0.3) is 0 Å². The summed E-state index contributed by atoms with van der Waals surface area (Å²) in [5.74, 6) is 0.685. The Morgan fingerprint density at radius 1 is 1.35 bits per heavy atom. The molecular weight excluding hydrogens is 266 g/mol. The quantitative estimate of drug-likeness (QED) is 0.845. The molecule has 0 spiro atoms. The van der Waals surface area contributed by atoms with Gasteiger partial charge in [0.1, 0.15) is 0 Å². The van der Waals surface area contributed by atoms with E-state index in [0.717, 1.165) is 31.7 Å². The molecule has 0 aliphatic carbocycles. The third kappa shape index (κ3) is 3.93. The molecule has 0 saturated carbocycles. The third-order valence-corrected chi connectivity index (χ3v) is 4.47. The molecule has 2 aromatic heterocycles. The van der Waals surface area contributed by atoms with Crippen LogP contribution < -0.4 is 5.32 Å². The predicted molar refractivity (Wildman–Crippen MR) is 86.3 cm³/mol. The van der Waals surface area contributed by atoms with E-state index < -0.39 is 0 Å². The van der Waals surface area contributed by atoms with E-state index in [1.807, 2.05) is 11.3 Å². The van der Waals surface area contributed by atoms with Crippen molar-refractivity contribution in [2.45, 2.75) is 47.2 Å². The summed E-state index contributed by atoms with van der Waals surface area (Å²) in [5, 5.41) is 10.3. The number of hydrogen-bond donors (Lipinski definition) is 1. The number of aromatic nitrogens is 2. The summed E-state index contributed by atoms with van der Waals surface area (Å²) in [5.41, 5.74) is 3.82. The van der Waals surface area contributed by atoms with E-state index in [1.165, 1.54) is 16.1 Å². The zero-order valence-electron chi connectivity index (χ0n) is 12.9. The lowest BCUT2D eigenvalue weighted by Gasteiger charge is -2.08. The zero-order valence-corrected chi connectivity index (χ0v) is 13.8. The van der Waals surface area contributed by atoms with Crippen LogP contribution in [-0.4, -0.2) is 16.3 Å². The highest BCUT2D eigenvalue weighted by atomic mass is 32.1. The van der Waals surface area contributed by atoms with E-state index in [4.69, 9.17) is 0 Å². The number of nitrogens with one attached hydrogen (secondary N) is 1. The summed E-state index contributed by atoms with van der Waals surface area (Å²) in [4.78, 5) is 1.43. The molecular formula is C16H25N3S. The summed E-state index contributed by atoms with van der Waals surface area (Å²) in [6, 6.07) is 4.31. The van der Waals surface area contributed by atoms with E-state index in [1.54, 1.807) is 0 Å². The molecule has 0 radical (unpaired) electrons. The van der Waals surface area contributed by atoms with Crippen LogP contribution in [0.3, 0.4) is 0 Å². The molecule has 2 aromatic rings. The van der Waals surface area contributed by atoms with Crippen LogP contribution >= 0.6 is 11.3 Å². The molecule has 110 valence electrons. The van der Waals surface area contributed by atoms with Crippen LogP contribution in [0.5, 0.6) is 0 Å². The van der Waals surface area contributed by atoms with Gasteiger partial charge in [-0.3, -0.25) is 4.68 Å². The van der Waals surface area contributed by atoms with E-state index in [0.29, 0.717) is 5.92 Å². The first-order chi connectivity index (χ1) is 9.58. The van der Waals surface area contributed by atoms with Gasteiger partial charge in [-0.1, -0.05) is 19.9 Å². The van der Waals surface area contributed by atoms with Crippen molar-refractivity contribution in [3.63, 3.8) is 0 Å². The zero-order chi connectivity index (χ0) is 14.5. The van der Waals surface area contributed by atoms with Crippen molar-refractivity contribution >= 4 is 11.3 Å². The molecule has 20 heavy (non-hydrogen) atoms. The summed E-state index contributed by atoms with van der Waals surface area (Å²) >= 11 is 1.82. The summed E-state index contributed by atoms with van der Waals surface area (Å²) in [6.07, 6.45) is 1.07. The largest absolute Gasteiger partial charge is 0.312 e. The van der Waals surface area contributed by atoms with Gasteiger partial charge in [0.25, 0.3) is 0 Å². The second kappa shape index (κ2) is 7.04. The van der Waals surface area contributed by atoms with Gasteiger partial charge >= 0.3 is 0 Å². The SMILES string of the molecule is Cc1nn(CCc2cccs2)c(C)c1CNCC(C)C. The maximum Gasteiger partial charge on any atom is 0.0641 e. The van der Waals surface area contributed by atoms with E-state index >= 15 is 0 Å². The topological polar surface area (TPSA) is 29.9 Å². The van der Waals surface area contributed by atoms with Crippen molar-refractivity contribution in [2.24, 2.45) is 5.92 Å². The maximum atomic E-state index is 4.69. The van der Waals surface area contributed by atoms with Gasteiger partial charge in [-0.15, -0.1) is 11.3 Å². The minimum atomic E-state index is 0.685. The van der Waals surface area contributed by atoms with Gasteiger partial charge in [0.2, 0.25) is 0 Å². The van der Waals surface area contributed by atoms with E-state index in [9.17, 15) is 0 Å². The highest BCUT2D eigenvalue weighted by Crippen LogP contribution is 2.15. The average Bonchev–Trinajstić information content (AvgIpc) is 2.99. The molecule has 0 bridgehead atoms. The molecule has 0 saturated heterocycles. The van der Waals surface area contributed by atoms with Gasteiger partial charge in [-0.25, -0.2) is 0 Å². The summed E-state index contributed by atoms with van der Waals surface area (Å²) < 4.78 is 2.15. The average molecular weight is 291 g/mol. The summed E-state index contributed by atoms with van der Waals surface area (Å²) in [6.45, 7) is 11.7. The van der Waals surface area contributed by atoms with Crippen LogP contribution in [0.4, 0.5) is 0 Å². The van der Waals surface area contributed by atoms with Gasteiger partial charge in [0.05, 0.1) is 5.69 Å². The van der Waals surface area contributed by atoms with E-state index in [-0.39, 0.29) is 0 Å². The highest BCUT2D eigenvalue weighted by molar-refractivity contribution is 7.09. The van der Waals surface area contributed by atoms with Gasteiger partial charge in [0, 0.05) is 35.6 Å². The summed E-state index contributed by atoms with van der Waals surface area (Å²) in [7, 11) is 0. The van der Waals surface area contributed by atoms with Gasteiger partial charge in [0.15, 0.2) is 0 Å². The van der Waals surface area contributed by atoms with Gasteiger partial charge < -0.3 is 5.32 Å². The van der Waals surface area contributed by atoms with Crippen molar-refractivity contribution in [2.75, 3.05) is 6.54 Å². The molecule has 0 unspecified atom stereocenters. The molecule has 0 amide bonds. The number of hydrogen-bond acceptors (Lipinski definition) is 3. The molecule has 0 atom stereocenters. The highest BCUT2D eigenvalue weighted by Gasteiger charge is 2.11. The fraction of sp³-hybridized carbons (Fsp3) is 0.562. The predicted octanol–water partition coefficient (Wildman–Crippen LogP) is 3.55. The monoisotopic (exact) mass is 291 g/mol. The number of thiophene rings is 1. The normalized spacial score (nSPS) is 11.4. The molecule has 3 nitrogen and oxygen atoms in total. The van der Waals surface area contributed by atoms with Crippen LogP contribution in [-0.2, 0) is 19.5 Å². The molecule has 0 aliphatic heterocycles. The fourth-order valence-electron chi connectivity index (χ4n) is 2.36. The Morgan fingerprint density at radius 3 is 2.80 bits per heavy atom. The van der Waals surface area contributed by atoms with Gasteiger partial charge in [-0.2, -0.15) is 5.10 Å². The third-order valence-electron chi connectivity index (χ3n) is 3.54. The van der Waals surface area contributed by atoms with Crippen LogP contribution in [0.15, 0.2) is 17.5 Å². The Hall–Kier alpha value is -1.13. The maximum absolute atomic E-state index is 4.69. The number of aryl methyl sites for hydroxylation is 3. The van der Waals surface area contributed by atoms with Crippen LogP contribution in [0.2, 0.25) is 0 Å². The number of nitrogens with zero attached hydrogens (tertiary/aromatic N) is 2. The second-order valence-electron chi connectivity index (χ2n) is 5.73. The first-order valence-corrected chi connectivity index (χ1v) is 8.22. The van der Waals surface area contributed by atoms with E-state index in [2.05, 4.69) is 60.3 Å². The molecule has 4 heteroatoms. The smallest absolute Gasteiger partial charge is 0.0641 e. The lowest BCUT2D eigenvalue weighted by Crippen LogP contribution is -2.19. The molecule has 0 aliphatic rings. The minimum absolute atomic E-state index is 0.685. The van der Waals surface area contributed by atoms with Crippen molar-refractivity contribution in [1.29, 1.82) is 0 Å². The number of rotatable bonds is 7. The van der Waals surface area contributed by atoms with Crippen LogP contribution in [0.1, 0.15) is 35.7 Å². The fourth-order valence-corrected chi connectivity index (χ4v) is 3.06. The molecule has 0 aromatic carbocycles. The Labute approximate surface area is 126 Å². The second-order valence-corrected chi connectivity index (χ2v) is 6.76. The Balaban J connectivity index is 1.97. The standard InChI is InChI=1S/C16H25N3S/c1-12(2)10-17-11-16-13(3)18-19(14(16)4)8-7-15-6-5-9-20-15/h5-6,9,12,17H,7-8,10-11H2,1-4H3. The first kappa shape index (κ1) is 15.3. The van der Waals surface area contributed by atoms with Crippen molar-refractivity contribution in [3.8, 4) is 0 Å².